The molecule has 0 unspecified atom stereocenters. The van der Waals surface area contributed by atoms with E-state index >= 15 is 0 Å². The molecule has 21 heavy (non-hydrogen) atoms. The molecule has 1 saturated heterocycles. The van der Waals surface area contributed by atoms with E-state index in [0.29, 0.717) is 12.5 Å². The van der Waals surface area contributed by atoms with Gasteiger partial charge in [0.25, 0.3) is 0 Å². The second-order valence-electron chi connectivity index (χ2n) is 5.23. The molecule has 1 N–H and O–H groups in total. The zero-order chi connectivity index (χ0) is 15.5. The highest BCUT2D eigenvalue weighted by Gasteiger charge is 2.25. The largest absolute Gasteiger partial charge is 0.317 e. The Morgan fingerprint density at radius 3 is 2.71 bits per heavy atom. The van der Waals surface area contributed by atoms with Crippen LogP contribution in [0.5, 0.6) is 0 Å². The van der Waals surface area contributed by atoms with Gasteiger partial charge in [0.2, 0.25) is 10.0 Å². The maximum atomic E-state index is 13.3. The molecule has 1 heterocycles. The van der Waals surface area contributed by atoms with Crippen LogP contribution in [0.15, 0.2) is 23.1 Å². The molecule has 1 aromatic carbocycles. The molecular weight excluding hydrogens is 293 g/mol. The zero-order valence-corrected chi connectivity index (χ0v) is 12.7. The number of benzene rings is 1. The van der Waals surface area contributed by atoms with Crippen LogP contribution in [0.2, 0.25) is 0 Å². The first kappa shape index (κ1) is 15.9. The molecule has 1 aliphatic rings. The number of nitriles is 1. The van der Waals surface area contributed by atoms with E-state index in [9.17, 15) is 12.8 Å². The van der Waals surface area contributed by atoms with E-state index in [1.165, 1.54) is 17.4 Å². The number of sulfonamides is 1. The first-order chi connectivity index (χ1) is 9.95. The molecule has 0 spiro atoms. The summed E-state index contributed by atoms with van der Waals surface area (Å²) in [5.41, 5.74) is -0.258. The smallest absolute Gasteiger partial charge is 0.242 e. The van der Waals surface area contributed by atoms with E-state index in [4.69, 9.17) is 5.26 Å². The van der Waals surface area contributed by atoms with Crippen molar-refractivity contribution in [3.05, 3.63) is 29.6 Å². The molecule has 0 amide bonds. The Hall–Kier alpha value is -1.49. The van der Waals surface area contributed by atoms with Crippen LogP contribution in [0.25, 0.3) is 0 Å². The third-order valence-corrected chi connectivity index (χ3v) is 5.56. The topological polar surface area (TPSA) is 73.2 Å². The van der Waals surface area contributed by atoms with Gasteiger partial charge in [0, 0.05) is 13.6 Å². The quantitative estimate of drug-likeness (QED) is 0.910. The summed E-state index contributed by atoms with van der Waals surface area (Å²) in [5.74, 6) is -0.389. The average Bonchev–Trinajstić information content (AvgIpc) is 2.48. The summed E-state index contributed by atoms with van der Waals surface area (Å²) in [5, 5.41) is 12.0. The molecule has 0 bridgehead atoms. The number of halogens is 1. The highest BCUT2D eigenvalue weighted by atomic mass is 32.2. The van der Waals surface area contributed by atoms with Gasteiger partial charge in [0.05, 0.1) is 10.5 Å². The number of hydrogen-bond donors (Lipinski definition) is 1. The fraction of sp³-hybridized carbons (Fsp3) is 0.500. The van der Waals surface area contributed by atoms with Gasteiger partial charge in [-0.15, -0.1) is 0 Å². The van der Waals surface area contributed by atoms with Crippen molar-refractivity contribution in [2.24, 2.45) is 5.92 Å². The van der Waals surface area contributed by atoms with E-state index in [1.54, 1.807) is 6.07 Å². The van der Waals surface area contributed by atoms with Gasteiger partial charge in [-0.25, -0.2) is 17.1 Å². The lowest BCUT2D eigenvalue weighted by Gasteiger charge is -2.27. The molecule has 0 saturated carbocycles. The van der Waals surface area contributed by atoms with Crippen LogP contribution in [-0.2, 0) is 10.0 Å². The fourth-order valence-electron chi connectivity index (χ4n) is 2.46. The number of nitrogens with zero attached hydrogens (tertiary/aromatic N) is 2. The molecular formula is C14H18FN3O2S. The monoisotopic (exact) mass is 311 g/mol. The Kier molecular flexibility index (Phi) is 4.93. The van der Waals surface area contributed by atoms with Crippen molar-refractivity contribution >= 4 is 10.0 Å². The van der Waals surface area contributed by atoms with Gasteiger partial charge in [0.1, 0.15) is 11.9 Å². The van der Waals surface area contributed by atoms with Gasteiger partial charge >= 0.3 is 0 Å². The van der Waals surface area contributed by atoms with Crippen LogP contribution < -0.4 is 5.32 Å². The standard InChI is InChI=1S/C14H18FN3O2S/c1-18(10-11-4-6-17-7-5-11)21(19,20)13-2-3-14(15)12(8-13)9-16/h2-3,8,11,17H,4-7,10H2,1H3. The molecule has 1 aromatic rings. The van der Waals surface area contributed by atoms with Gasteiger partial charge in [-0.1, -0.05) is 0 Å². The molecule has 1 aliphatic heterocycles. The van der Waals surface area contributed by atoms with Crippen LogP contribution in [0.3, 0.4) is 0 Å². The molecule has 114 valence electrons. The molecule has 0 radical (unpaired) electrons. The van der Waals surface area contributed by atoms with Crippen molar-refractivity contribution in [3.8, 4) is 6.07 Å². The summed E-state index contributed by atoms with van der Waals surface area (Å²) < 4.78 is 39.5. The van der Waals surface area contributed by atoms with Crippen molar-refractivity contribution in [2.45, 2.75) is 17.7 Å². The van der Waals surface area contributed by atoms with Gasteiger partial charge in [0.15, 0.2) is 0 Å². The van der Waals surface area contributed by atoms with Crippen molar-refractivity contribution in [2.75, 3.05) is 26.7 Å². The summed E-state index contributed by atoms with van der Waals surface area (Å²) >= 11 is 0. The molecule has 5 nitrogen and oxygen atoms in total. The second kappa shape index (κ2) is 6.52. The Labute approximate surface area is 124 Å². The minimum Gasteiger partial charge on any atom is -0.317 e. The van der Waals surface area contributed by atoms with E-state index < -0.39 is 15.8 Å². The van der Waals surface area contributed by atoms with Crippen LogP contribution in [0.1, 0.15) is 18.4 Å². The van der Waals surface area contributed by atoms with E-state index in [2.05, 4.69) is 5.32 Å². The summed E-state index contributed by atoms with van der Waals surface area (Å²) in [6, 6.07) is 4.97. The van der Waals surface area contributed by atoms with Crippen LogP contribution in [0.4, 0.5) is 4.39 Å². The molecule has 1 fully saturated rings. The third-order valence-electron chi connectivity index (χ3n) is 3.74. The Morgan fingerprint density at radius 2 is 2.10 bits per heavy atom. The van der Waals surface area contributed by atoms with Crippen molar-refractivity contribution in [1.82, 2.24) is 9.62 Å². The first-order valence-electron chi connectivity index (χ1n) is 6.82. The summed E-state index contributed by atoms with van der Waals surface area (Å²) in [6.45, 7) is 2.23. The molecule has 0 aromatic heterocycles. The Morgan fingerprint density at radius 1 is 1.43 bits per heavy atom. The van der Waals surface area contributed by atoms with Gasteiger partial charge in [-0.3, -0.25) is 0 Å². The highest BCUT2D eigenvalue weighted by molar-refractivity contribution is 7.89. The molecule has 0 aliphatic carbocycles. The average molecular weight is 311 g/mol. The van der Waals surface area contributed by atoms with Crippen molar-refractivity contribution in [3.63, 3.8) is 0 Å². The minimum absolute atomic E-state index is 0.0446. The summed E-state index contributed by atoms with van der Waals surface area (Å²) in [6.07, 6.45) is 1.87. The fourth-order valence-corrected chi connectivity index (χ4v) is 3.73. The minimum atomic E-state index is -3.69. The molecule has 0 atom stereocenters. The predicted octanol–water partition coefficient (Wildman–Crippen LogP) is 1.32. The Balaban J connectivity index is 2.18. The number of nitrogens with one attached hydrogen (secondary N) is 1. The number of hydrogen-bond acceptors (Lipinski definition) is 4. The van der Waals surface area contributed by atoms with E-state index in [0.717, 1.165) is 38.1 Å². The van der Waals surface area contributed by atoms with Crippen molar-refractivity contribution < 1.29 is 12.8 Å². The van der Waals surface area contributed by atoms with Crippen LogP contribution >= 0.6 is 0 Å². The zero-order valence-electron chi connectivity index (χ0n) is 11.8. The summed E-state index contributed by atoms with van der Waals surface area (Å²) in [4.78, 5) is -0.0446. The maximum Gasteiger partial charge on any atom is 0.242 e. The highest BCUT2D eigenvalue weighted by Crippen LogP contribution is 2.21. The van der Waals surface area contributed by atoms with Crippen LogP contribution in [-0.4, -0.2) is 39.4 Å². The number of piperidine rings is 1. The normalized spacial score (nSPS) is 16.9. The molecule has 2 rings (SSSR count). The van der Waals surface area contributed by atoms with Gasteiger partial charge in [-0.2, -0.15) is 5.26 Å². The maximum absolute atomic E-state index is 13.3. The van der Waals surface area contributed by atoms with Gasteiger partial charge in [-0.05, 0) is 50.0 Å². The Bertz CT molecular complexity index is 649. The summed E-state index contributed by atoms with van der Waals surface area (Å²) in [7, 11) is -2.17. The lowest BCUT2D eigenvalue weighted by atomic mass is 9.98. The van der Waals surface area contributed by atoms with E-state index in [1.807, 2.05) is 0 Å². The first-order valence-corrected chi connectivity index (χ1v) is 8.26. The number of rotatable bonds is 4. The van der Waals surface area contributed by atoms with Gasteiger partial charge < -0.3 is 5.32 Å². The van der Waals surface area contributed by atoms with E-state index in [-0.39, 0.29) is 10.5 Å². The van der Waals surface area contributed by atoms with Crippen LogP contribution in [0, 0.1) is 23.1 Å². The lowest BCUT2D eigenvalue weighted by molar-refractivity contribution is 0.311. The third kappa shape index (κ3) is 3.59. The molecule has 7 heteroatoms. The second-order valence-corrected chi connectivity index (χ2v) is 7.28. The SMILES string of the molecule is CN(CC1CCNCC1)S(=O)(=O)c1ccc(F)c(C#N)c1. The predicted molar refractivity (Wildman–Crippen MR) is 76.5 cm³/mol. The lowest BCUT2D eigenvalue weighted by Crippen LogP contribution is -2.37. The van der Waals surface area contributed by atoms with Crippen molar-refractivity contribution in [1.29, 1.82) is 5.26 Å².